The molecule has 12 heteroatoms. The first-order valence-corrected chi connectivity index (χ1v) is 12.1. The van der Waals surface area contributed by atoms with Crippen LogP contribution in [0.5, 0.6) is 0 Å². The summed E-state index contributed by atoms with van der Waals surface area (Å²) in [7, 11) is -3.09. The zero-order valence-corrected chi connectivity index (χ0v) is 17.7. The molecule has 1 aromatic heterocycles. The fourth-order valence-corrected chi connectivity index (χ4v) is 6.55. The highest BCUT2D eigenvalue weighted by Crippen LogP contribution is 2.41. The fourth-order valence-electron chi connectivity index (χ4n) is 4.53. The van der Waals surface area contributed by atoms with Crippen LogP contribution in [-0.2, 0) is 20.4 Å². The molecule has 1 N–H and O–H groups in total. The van der Waals surface area contributed by atoms with E-state index in [0.717, 1.165) is 49.3 Å². The molecular weight excluding hydrogens is 437 g/mol. The van der Waals surface area contributed by atoms with Crippen LogP contribution in [0.1, 0.15) is 42.9 Å². The summed E-state index contributed by atoms with van der Waals surface area (Å²) >= 11 is 0. The first kappa shape index (κ1) is 22.3. The minimum Gasteiger partial charge on any atom is -0.475 e. The monoisotopic (exact) mass is 462 g/mol. The van der Waals surface area contributed by atoms with Crippen molar-refractivity contribution in [3.8, 4) is 0 Å². The van der Waals surface area contributed by atoms with Gasteiger partial charge in [-0.1, -0.05) is 0 Å². The van der Waals surface area contributed by atoms with Gasteiger partial charge >= 0.3 is 12.1 Å². The number of sulfone groups is 1. The van der Waals surface area contributed by atoms with E-state index in [2.05, 4.69) is 14.8 Å². The lowest BCUT2D eigenvalue weighted by molar-refractivity contribution is -0.192. The lowest BCUT2D eigenvalue weighted by Gasteiger charge is -2.27. The summed E-state index contributed by atoms with van der Waals surface area (Å²) in [6, 6.07) is 0. The summed E-state index contributed by atoms with van der Waals surface area (Å²) in [4.78, 5) is 22.8. The maximum atomic E-state index is 12.7. The van der Waals surface area contributed by atoms with Gasteiger partial charge in [0.2, 0.25) is 5.95 Å². The zero-order chi connectivity index (χ0) is 22.4. The normalized spacial score (nSPS) is 27.3. The summed E-state index contributed by atoms with van der Waals surface area (Å²) < 4.78 is 57.2. The van der Waals surface area contributed by atoms with E-state index in [1.807, 2.05) is 0 Å². The van der Waals surface area contributed by atoms with Crippen LogP contribution in [0.4, 0.5) is 19.1 Å². The molecule has 4 heterocycles. The van der Waals surface area contributed by atoms with Crippen LogP contribution in [0.2, 0.25) is 0 Å². The molecule has 0 spiro atoms. The quantitative estimate of drug-likeness (QED) is 0.726. The van der Waals surface area contributed by atoms with Crippen molar-refractivity contribution in [2.75, 3.05) is 37.6 Å². The molecule has 4 aliphatic rings. The van der Waals surface area contributed by atoms with E-state index in [1.54, 1.807) is 6.20 Å². The minimum absolute atomic E-state index is 0.0295. The first-order valence-electron chi connectivity index (χ1n) is 10.4. The van der Waals surface area contributed by atoms with Crippen LogP contribution in [0, 0.1) is 5.92 Å². The van der Waals surface area contributed by atoms with Crippen molar-refractivity contribution in [2.45, 2.75) is 48.8 Å². The molecule has 31 heavy (non-hydrogen) atoms. The molecule has 0 radical (unpaired) electrons. The Balaban J connectivity index is 0.000000289. The number of carbonyl (C=O) groups is 1. The Morgan fingerprint density at radius 3 is 2.42 bits per heavy atom. The molecule has 172 valence electrons. The maximum Gasteiger partial charge on any atom is 0.490 e. The molecule has 0 amide bonds. The van der Waals surface area contributed by atoms with Gasteiger partial charge in [-0.05, 0) is 31.6 Å². The van der Waals surface area contributed by atoms with Crippen LogP contribution in [0.25, 0.3) is 0 Å². The maximum absolute atomic E-state index is 12.7. The predicted octanol–water partition coefficient (Wildman–Crippen LogP) is 1.82. The Morgan fingerprint density at radius 2 is 1.84 bits per heavy atom. The van der Waals surface area contributed by atoms with Crippen molar-refractivity contribution in [2.24, 2.45) is 5.92 Å². The second kappa shape index (κ2) is 8.19. The minimum atomic E-state index is -5.08. The number of halogens is 3. The summed E-state index contributed by atoms with van der Waals surface area (Å²) in [6.07, 6.45) is 1.67. The van der Waals surface area contributed by atoms with Gasteiger partial charge in [-0.2, -0.15) is 13.2 Å². The number of rotatable bonds is 3. The van der Waals surface area contributed by atoms with Crippen molar-refractivity contribution in [1.82, 2.24) is 14.9 Å². The number of aliphatic carboxylic acids is 1. The van der Waals surface area contributed by atoms with E-state index in [9.17, 15) is 21.6 Å². The van der Waals surface area contributed by atoms with Crippen molar-refractivity contribution < 1.29 is 31.5 Å². The van der Waals surface area contributed by atoms with Crippen LogP contribution in [0.3, 0.4) is 0 Å². The van der Waals surface area contributed by atoms with Crippen molar-refractivity contribution in [3.05, 3.63) is 17.5 Å². The summed E-state index contributed by atoms with van der Waals surface area (Å²) in [6.45, 7) is 4.61. The van der Waals surface area contributed by atoms with Gasteiger partial charge in [-0.3, -0.25) is 0 Å². The van der Waals surface area contributed by atoms with Gasteiger partial charge < -0.3 is 14.9 Å². The van der Waals surface area contributed by atoms with Gasteiger partial charge in [-0.15, -0.1) is 0 Å². The van der Waals surface area contributed by atoms with E-state index >= 15 is 0 Å². The number of carboxylic acid groups (broad SMARTS) is 1. The molecule has 5 rings (SSSR count). The van der Waals surface area contributed by atoms with Gasteiger partial charge in [0.25, 0.3) is 0 Å². The molecule has 2 atom stereocenters. The molecule has 0 aromatic carbocycles. The number of hydrogen-bond donors (Lipinski definition) is 1. The van der Waals surface area contributed by atoms with E-state index < -0.39 is 22.0 Å². The molecule has 1 aliphatic carbocycles. The molecule has 8 nitrogen and oxygen atoms in total. The predicted molar refractivity (Wildman–Crippen MR) is 105 cm³/mol. The van der Waals surface area contributed by atoms with E-state index in [1.165, 1.54) is 25.7 Å². The summed E-state index contributed by atoms with van der Waals surface area (Å²) in [5, 5.41) is 6.85. The first-order chi connectivity index (χ1) is 14.5. The molecule has 0 bridgehead atoms. The van der Waals surface area contributed by atoms with Gasteiger partial charge in [0.05, 0.1) is 16.7 Å². The number of anilines is 1. The number of carboxylic acids is 1. The number of alkyl halides is 3. The standard InChI is InChI=1S/C17H24N4O2S.C2HF3O2/c22-24(23)11-13-7-18-17(21-5-1-2-6-21)19-16(13)14-9-20(10-15(14)24)8-12-3-4-12;3-2(4,5)1(6)7/h7,12,14-15H,1-6,8-11H2;(H,6,7)/t14-,15+;/m0./s1. The Kier molecular flexibility index (Phi) is 5.88. The third-order valence-corrected chi connectivity index (χ3v) is 8.35. The molecular formula is C19H25F3N4O4S. The SMILES string of the molecule is O=C(O)C(F)(F)F.O=S1(=O)Cc2cnc(N3CCCC3)nc2[C@H]2CN(CC3CC3)C[C@H]21. The largest absolute Gasteiger partial charge is 0.490 e. The van der Waals surface area contributed by atoms with Crippen LogP contribution >= 0.6 is 0 Å². The number of likely N-dealkylation sites (tertiary alicyclic amines) is 1. The highest BCUT2D eigenvalue weighted by Gasteiger charge is 2.48. The highest BCUT2D eigenvalue weighted by atomic mass is 32.2. The van der Waals surface area contributed by atoms with Crippen LogP contribution in [0.15, 0.2) is 6.20 Å². The van der Waals surface area contributed by atoms with Gasteiger partial charge in [0.15, 0.2) is 9.84 Å². The Labute approximate surface area is 178 Å². The number of hydrogen-bond acceptors (Lipinski definition) is 7. The second-order valence-corrected chi connectivity index (χ2v) is 10.9. The second-order valence-electron chi connectivity index (χ2n) is 8.69. The average molecular weight is 462 g/mol. The third-order valence-electron chi connectivity index (χ3n) is 6.24. The van der Waals surface area contributed by atoms with Gasteiger partial charge in [0, 0.05) is 50.4 Å². The van der Waals surface area contributed by atoms with Gasteiger partial charge in [-0.25, -0.2) is 23.2 Å². The van der Waals surface area contributed by atoms with E-state index in [0.29, 0.717) is 6.54 Å². The van der Waals surface area contributed by atoms with Crippen molar-refractivity contribution >= 4 is 21.8 Å². The highest BCUT2D eigenvalue weighted by molar-refractivity contribution is 7.91. The topological polar surface area (TPSA) is 104 Å². The number of nitrogens with zero attached hydrogens (tertiary/aromatic N) is 4. The van der Waals surface area contributed by atoms with E-state index in [-0.39, 0.29) is 16.9 Å². The Bertz CT molecular complexity index is 946. The van der Waals surface area contributed by atoms with Crippen LogP contribution < -0.4 is 4.90 Å². The van der Waals surface area contributed by atoms with Crippen molar-refractivity contribution in [1.29, 1.82) is 0 Å². The molecule has 1 aromatic rings. The molecule has 2 saturated heterocycles. The Morgan fingerprint density at radius 1 is 1.19 bits per heavy atom. The smallest absolute Gasteiger partial charge is 0.475 e. The molecule has 1 saturated carbocycles. The number of aromatic nitrogens is 2. The summed E-state index contributed by atoms with van der Waals surface area (Å²) in [5.74, 6) is -1.03. The Hall–Kier alpha value is -1.95. The zero-order valence-electron chi connectivity index (χ0n) is 16.9. The molecule has 3 aliphatic heterocycles. The lowest BCUT2D eigenvalue weighted by atomic mass is 10.00. The van der Waals surface area contributed by atoms with Crippen LogP contribution in [-0.4, -0.2) is 78.5 Å². The summed E-state index contributed by atoms with van der Waals surface area (Å²) in [5.41, 5.74) is 1.83. The van der Waals surface area contributed by atoms with Gasteiger partial charge in [0.1, 0.15) is 0 Å². The number of fused-ring (bicyclic) bond motifs is 3. The average Bonchev–Trinajstić information content (AvgIpc) is 3.16. The molecule has 3 fully saturated rings. The third kappa shape index (κ3) is 4.94. The lowest BCUT2D eigenvalue weighted by Crippen LogP contribution is -2.35. The van der Waals surface area contributed by atoms with E-state index in [4.69, 9.17) is 14.9 Å². The van der Waals surface area contributed by atoms with Crippen molar-refractivity contribution in [3.63, 3.8) is 0 Å². The molecule has 0 unspecified atom stereocenters. The fraction of sp³-hybridized carbons (Fsp3) is 0.737.